The number of thiazole rings is 6. The molecule has 0 unspecified atom stereocenters. The number of nitro groups is 1. The van der Waals surface area contributed by atoms with E-state index >= 15 is 4.79 Å². The van der Waals surface area contributed by atoms with Gasteiger partial charge in [0.2, 0.25) is 11.8 Å². The minimum absolute atomic E-state index is 0.0228. The number of Topliss-reactive ketones (excluding diaryl/α,β-unsaturated/α-hetero) is 1. The van der Waals surface area contributed by atoms with Gasteiger partial charge in [0.1, 0.15) is 70.9 Å². The van der Waals surface area contributed by atoms with Crippen LogP contribution in [0.4, 0.5) is 5.69 Å². The summed E-state index contributed by atoms with van der Waals surface area (Å²) in [6.07, 6.45) is -1.70. The molecular weight excluding hydrogens is 1320 g/mol. The number of nitrogens with zero attached hydrogens (tertiary/aromatic N) is 9. The average Bonchev–Trinajstić information content (AvgIpc) is 1.70. The van der Waals surface area contributed by atoms with E-state index in [0.29, 0.717) is 84.5 Å². The number of benzene rings is 2. The molecule has 9 heterocycles. The van der Waals surface area contributed by atoms with E-state index in [1.54, 1.807) is 72.5 Å². The van der Waals surface area contributed by atoms with Crippen molar-refractivity contribution in [1.29, 1.82) is 0 Å². The van der Waals surface area contributed by atoms with Crippen molar-refractivity contribution in [3.8, 4) is 49.1 Å². The molecule has 93 heavy (non-hydrogen) atoms. The van der Waals surface area contributed by atoms with Crippen LogP contribution < -0.4 is 21.7 Å². The van der Waals surface area contributed by atoms with Gasteiger partial charge in [-0.25, -0.2) is 34.9 Å². The molecule has 1 saturated heterocycles. The Balaban J connectivity index is 0.939. The molecule has 9 N–H and O–H groups in total. The highest BCUT2D eigenvalue weighted by Crippen LogP contribution is 2.44. The number of carbonyl (C=O) groups is 7. The van der Waals surface area contributed by atoms with Crippen LogP contribution in [0.15, 0.2) is 87.6 Å². The largest absolute Gasteiger partial charge is 0.502 e. The number of aliphatic carboxylic acids is 1. The first-order valence-corrected chi connectivity index (χ1v) is 34.3. The lowest BCUT2D eigenvalue weighted by Gasteiger charge is -2.29. The zero-order chi connectivity index (χ0) is 65.5. The van der Waals surface area contributed by atoms with E-state index in [0.717, 1.165) is 46.1 Å². The normalized spacial score (nSPS) is 21.5. The number of ketones is 1. The Kier molecular flexibility index (Phi) is 18.5. The van der Waals surface area contributed by atoms with Gasteiger partial charge < -0.3 is 47.0 Å². The molecule has 9 aromatic rings. The molecule has 2 aliphatic heterocycles. The number of nitro benzene ring substituents is 1. The van der Waals surface area contributed by atoms with E-state index in [-0.39, 0.29) is 57.4 Å². The zero-order valence-electron chi connectivity index (χ0n) is 49.0. The van der Waals surface area contributed by atoms with Crippen LogP contribution >= 0.6 is 68.0 Å². The fourth-order valence-corrected chi connectivity index (χ4v) is 16.9. The summed E-state index contributed by atoms with van der Waals surface area (Å²) in [5, 5.41) is 74.1. The van der Waals surface area contributed by atoms with E-state index in [2.05, 4.69) is 30.9 Å². The van der Waals surface area contributed by atoms with Crippen LogP contribution in [0.25, 0.3) is 43.4 Å². The number of aryl methyl sites for hydroxylation is 1. The van der Waals surface area contributed by atoms with Gasteiger partial charge in [-0.3, -0.25) is 43.7 Å². The number of phenols is 1. The maximum atomic E-state index is 15.3. The van der Waals surface area contributed by atoms with E-state index < -0.39 is 119 Å². The summed E-state index contributed by atoms with van der Waals surface area (Å²) < 4.78 is 0. The second kappa shape index (κ2) is 26.9. The topological polar surface area (TPSA) is 399 Å². The van der Waals surface area contributed by atoms with Crippen LogP contribution in [0.3, 0.4) is 0 Å². The number of hydrogen-bond donors (Lipinski definition) is 8. The zero-order valence-corrected chi connectivity index (χ0v) is 53.9. The Morgan fingerprint density at radius 3 is 2.15 bits per heavy atom. The summed E-state index contributed by atoms with van der Waals surface area (Å²) in [5.74, 6) is -7.65. The molecule has 10 bridgehead atoms. The number of aromatic hydroxyl groups is 1. The molecular formula is C61H55N13O13S6. The molecule has 7 aromatic heterocycles. The summed E-state index contributed by atoms with van der Waals surface area (Å²) in [7, 11) is 0. The first kappa shape index (κ1) is 64.1. The Morgan fingerprint density at radius 1 is 0.753 bits per heavy atom. The first-order chi connectivity index (χ1) is 44.6. The van der Waals surface area contributed by atoms with Crippen LogP contribution in [-0.4, -0.2) is 131 Å². The Labute approximate surface area is 551 Å². The number of pyridine rings is 1. The third-order valence-electron chi connectivity index (χ3n) is 16.4. The molecule has 0 spiro atoms. The predicted molar refractivity (Wildman–Crippen MR) is 345 cm³/mol. The second-order valence-electron chi connectivity index (χ2n) is 22.6. The number of amides is 5. The molecule has 0 radical (unpaired) electrons. The quantitative estimate of drug-likeness (QED) is 0.0444. The molecule has 1 saturated carbocycles. The number of carboxylic acids is 1. The van der Waals surface area contributed by atoms with Crippen LogP contribution in [0, 0.1) is 28.9 Å². The standard InChI is InChI=1S/C61H55N13O13S6/c1-26-45(77)20-73-49(26)59-71-41(25-92-59)57-67-37(21-90-57)48-32(13-14-34(64-48)56-70-38(24-91-56)51(80)63-31-11-9-30(10-12-31)61(84)85)54-68-39(22-88-54)52(81)65-35(19-46(62)78)58-72-47(27(2)93-58)44(76)18-33(50(79)29-6-4-3-5-7-29)55-69-40(23-89-55)53(82)66-36(60(73)83)16-28-8-15-43(75)42(17-28)74(86)87/h3-8,13-15,17,21-26,30-31,33,35-36,45,49-50,75,77,79H,9-12,16,18-20H2,1-2H3,(H2,62,78)(H,63,80)(H,65,81)(H,66,82)(H,84,85)/t26-,30?,31?,33-,35-,36-,45-,49-,50+/m0/s1. The van der Waals surface area contributed by atoms with Crippen molar-refractivity contribution in [2.75, 3.05) is 6.54 Å². The van der Waals surface area contributed by atoms with Crippen LogP contribution in [0.1, 0.15) is 143 Å². The third kappa shape index (κ3) is 13.6. The van der Waals surface area contributed by atoms with Crippen LogP contribution in [0.2, 0.25) is 0 Å². The van der Waals surface area contributed by atoms with Crippen LogP contribution in [0.5, 0.6) is 5.75 Å². The third-order valence-corrected chi connectivity index (χ3v) is 22.0. The highest BCUT2D eigenvalue weighted by molar-refractivity contribution is 7.15. The fourth-order valence-electron chi connectivity index (χ4n) is 11.5. The lowest BCUT2D eigenvalue weighted by atomic mass is 9.86. The monoisotopic (exact) mass is 1370 g/mol. The smallest absolute Gasteiger partial charge is 0.310 e. The molecule has 1 aliphatic carbocycles. The van der Waals surface area contributed by atoms with Gasteiger partial charge in [0.25, 0.3) is 17.7 Å². The number of aliphatic hydroxyl groups excluding tert-OH is 2. The molecule has 2 aromatic carbocycles. The fraction of sp³-hybridized carbons (Fsp3) is 0.311. The summed E-state index contributed by atoms with van der Waals surface area (Å²) in [5.41, 5.74) is 7.48. The Bertz CT molecular complexity index is 4400. The van der Waals surface area contributed by atoms with Crippen molar-refractivity contribution < 1.29 is 58.9 Å². The van der Waals surface area contributed by atoms with Gasteiger partial charge in [0.05, 0.1) is 52.3 Å². The first-order valence-electron chi connectivity index (χ1n) is 29.1. The molecule has 32 heteroatoms. The van der Waals surface area contributed by atoms with Gasteiger partial charge in [-0.05, 0) is 61.9 Å². The van der Waals surface area contributed by atoms with E-state index in [1.165, 1.54) is 55.7 Å². The van der Waals surface area contributed by atoms with Crippen LogP contribution in [-0.2, 0) is 20.8 Å². The maximum Gasteiger partial charge on any atom is 0.310 e. The number of primary amides is 1. The van der Waals surface area contributed by atoms with E-state index in [9.17, 15) is 59.3 Å². The number of nitrogens with two attached hydrogens (primary N) is 1. The number of aromatic nitrogens is 7. The highest BCUT2D eigenvalue weighted by atomic mass is 32.1. The molecule has 3 aliphatic rings. The van der Waals surface area contributed by atoms with Gasteiger partial charge >= 0.3 is 11.7 Å². The van der Waals surface area contributed by atoms with Gasteiger partial charge in [-0.2, -0.15) is 0 Å². The summed E-state index contributed by atoms with van der Waals surface area (Å²) in [6, 6.07) is 11.8. The van der Waals surface area contributed by atoms with Crippen molar-refractivity contribution >= 4 is 115 Å². The van der Waals surface area contributed by atoms with Gasteiger partial charge in [0, 0.05) is 80.7 Å². The summed E-state index contributed by atoms with van der Waals surface area (Å²) in [6.45, 7) is 3.19. The SMILES string of the molecule is Cc1sc2nc1C(=O)C[C@@H]([C@H](O)c1ccccc1)c1nc(cs1)C(=O)N[C@@H](Cc1ccc(O)c([N+](=O)[O-])c1)C(=O)N1C[C@H](O)[C@H](C)[C@H]1c1nc(cs1)-c1nc(cs1)-c1nc(-c3nc(C(=O)NC4CCC(C(=O)O)CC4)cs3)ccc1-c1nc(cs1)C(=O)N[C@H]2CC(N)=O. The molecule has 12 rings (SSSR count). The lowest BCUT2D eigenvalue weighted by Crippen LogP contribution is -2.50. The molecule has 2 fully saturated rings. The van der Waals surface area contributed by atoms with Crippen molar-refractivity contribution in [1.82, 2.24) is 55.7 Å². The number of hydrogen-bond acceptors (Lipinski definition) is 25. The molecule has 7 atom stereocenters. The van der Waals surface area contributed by atoms with E-state index in [1.807, 2.05) is 0 Å². The van der Waals surface area contributed by atoms with Crippen molar-refractivity contribution in [2.45, 2.75) is 101 Å². The van der Waals surface area contributed by atoms with Gasteiger partial charge in [-0.1, -0.05) is 43.3 Å². The number of nitrogens with one attached hydrogen (secondary N) is 3. The second-order valence-corrected chi connectivity index (χ2v) is 28.2. The Hall–Kier alpha value is -9.02. The molecule has 26 nitrogen and oxygen atoms in total. The van der Waals surface area contributed by atoms with Gasteiger partial charge in [-0.15, -0.1) is 68.0 Å². The Morgan fingerprint density at radius 2 is 1.41 bits per heavy atom. The van der Waals surface area contributed by atoms with Crippen molar-refractivity contribution in [3.63, 3.8) is 0 Å². The highest BCUT2D eigenvalue weighted by Gasteiger charge is 2.46. The lowest BCUT2D eigenvalue weighted by molar-refractivity contribution is -0.385. The van der Waals surface area contributed by atoms with Gasteiger partial charge in [0.15, 0.2) is 11.5 Å². The number of phenolic OH excluding ortho intramolecular Hbond substituents is 1. The number of fused-ring (bicyclic) bond motifs is 16. The average molecular weight is 1370 g/mol. The number of rotatable bonds is 11. The summed E-state index contributed by atoms with van der Waals surface area (Å²) in [4.78, 5) is 144. The summed E-state index contributed by atoms with van der Waals surface area (Å²) >= 11 is 6.75. The molecule has 5 amide bonds. The minimum Gasteiger partial charge on any atom is -0.502 e. The predicted octanol–water partition coefficient (Wildman–Crippen LogP) is 8.46. The van der Waals surface area contributed by atoms with Crippen molar-refractivity contribution in [3.05, 3.63) is 151 Å². The number of carboxylic acid groups (broad SMARTS) is 1. The number of aliphatic hydroxyl groups is 2. The molecule has 478 valence electrons. The van der Waals surface area contributed by atoms with E-state index in [4.69, 9.17) is 25.7 Å². The van der Waals surface area contributed by atoms with Crippen molar-refractivity contribution in [2.24, 2.45) is 17.6 Å². The maximum absolute atomic E-state index is 15.3. The minimum atomic E-state index is -1.47. The number of carbonyl (C=O) groups excluding carboxylic acids is 6.